The molecule has 8 nitrogen and oxygen atoms in total. The van der Waals surface area contributed by atoms with Crippen LogP contribution in [0.2, 0.25) is 20.1 Å². The van der Waals surface area contributed by atoms with Gasteiger partial charge in [-0.3, -0.25) is 9.59 Å². The maximum atomic E-state index is 11.9. The van der Waals surface area contributed by atoms with Crippen molar-refractivity contribution in [2.24, 2.45) is 0 Å². The number of imidazole rings is 1. The lowest BCUT2D eigenvalue weighted by Gasteiger charge is -2.25. The quantitative estimate of drug-likeness (QED) is 0.0379. The van der Waals surface area contributed by atoms with Crippen LogP contribution >= 0.6 is 46.4 Å². The van der Waals surface area contributed by atoms with Gasteiger partial charge in [0, 0.05) is 31.3 Å². The molecule has 3 aromatic rings. The number of carbonyl (C=O) groups is 2. The topological polar surface area (TPSA) is 89.9 Å². The third-order valence-corrected chi connectivity index (χ3v) is 13.2. The number of carboxylic acids is 2. The zero-order valence-electron chi connectivity index (χ0n) is 38.0. The summed E-state index contributed by atoms with van der Waals surface area (Å²) in [5, 5.41) is 21.3. The van der Waals surface area contributed by atoms with Crippen LogP contribution in [0, 0.1) is 0 Å². The number of unbranched alkanes of at least 4 members (excludes halogenated alkanes) is 15. The number of allylic oxidation sites excluding steroid dienone is 6. The lowest BCUT2D eigenvalue weighted by atomic mass is 10.0. The minimum atomic E-state index is -0.863. The van der Waals surface area contributed by atoms with Gasteiger partial charge in [0.25, 0.3) is 5.82 Å². The third kappa shape index (κ3) is 16.5. The molecule has 0 fully saturated rings. The maximum absolute atomic E-state index is 11.9. The van der Waals surface area contributed by atoms with Crippen molar-refractivity contribution < 1.29 is 24.4 Å². The van der Waals surface area contributed by atoms with Gasteiger partial charge in [0.15, 0.2) is 11.0 Å². The lowest BCUT2D eigenvalue weighted by molar-refractivity contribution is -0.674. The van der Waals surface area contributed by atoms with Crippen molar-refractivity contribution in [1.82, 2.24) is 4.57 Å². The smallest absolute Gasteiger partial charge is 0.307 e. The second kappa shape index (κ2) is 28.5. The molecule has 1 aromatic heterocycles. The number of aliphatic carboxylic acids is 2. The molecule has 2 N–H and O–H groups in total. The summed E-state index contributed by atoms with van der Waals surface area (Å²) in [5.41, 5.74) is 4.74. The largest absolute Gasteiger partial charge is 0.481 e. The standard InChI is InChI=1S/C51H70Cl4N4O4/c1-4-7-10-13-16-19-24-39(25-22-27-48-56(31-20-17-14-11-8-5-2)44-35-40(52)42(54)37-46(44)58(48)33-29-50(60)61)26-23-28-49-57(32-21-18-15-12-9-6-3)45-36-41(53)43(55)38-47(45)59(49)34-30-51(62)63/h22-23,25-28,35-38H,4-21,24,29-34H2,1-3H3,(H-,60,61,62,63)/p+1. The Morgan fingerprint density at radius 2 is 1.10 bits per heavy atom. The number of carboxylic acid groups (broad SMARTS) is 2. The molecular formula is C51H71Cl4N4O4+. The van der Waals surface area contributed by atoms with Crippen molar-refractivity contribution in [3.8, 4) is 0 Å². The molecule has 0 aliphatic carbocycles. The molecule has 0 atom stereocenters. The number of halogens is 4. The first-order valence-electron chi connectivity index (χ1n) is 23.6. The summed E-state index contributed by atoms with van der Waals surface area (Å²) in [6.07, 6.45) is 34.4. The molecule has 0 bridgehead atoms. The van der Waals surface area contributed by atoms with Gasteiger partial charge in [-0.2, -0.15) is 0 Å². The first-order valence-corrected chi connectivity index (χ1v) is 25.2. The fourth-order valence-electron chi connectivity index (χ4n) is 8.36. The van der Waals surface area contributed by atoms with Crippen molar-refractivity contribution in [2.75, 3.05) is 22.9 Å². The Labute approximate surface area is 397 Å². The van der Waals surface area contributed by atoms with Crippen LogP contribution in [0.1, 0.15) is 161 Å². The Morgan fingerprint density at radius 1 is 0.587 bits per heavy atom. The van der Waals surface area contributed by atoms with Gasteiger partial charge in [-0.15, -0.1) is 0 Å². The van der Waals surface area contributed by atoms with E-state index in [1.54, 1.807) is 0 Å². The maximum Gasteiger partial charge on any atom is 0.307 e. The zero-order chi connectivity index (χ0) is 45.6. The molecule has 2 heterocycles. The van der Waals surface area contributed by atoms with Gasteiger partial charge in [-0.1, -0.05) is 181 Å². The van der Waals surface area contributed by atoms with Gasteiger partial charge in [0.05, 0.1) is 50.9 Å². The van der Waals surface area contributed by atoms with Gasteiger partial charge in [-0.25, -0.2) is 9.13 Å². The summed E-state index contributed by atoms with van der Waals surface area (Å²) in [6.45, 7) is 8.81. The van der Waals surface area contributed by atoms with E-state index < -0.39 is 11.9 Å². The van der Waals surface area contributed by atoms with Crippen molar-refractivity contribution in [1.29, 1.82) is 0 Å². The number of aryl methyl sites for hydroxylation is 2. The number of aromatic nitrogens is 2. The number of hydrogen-bond acceptors (Lipinski definition) is 4. The van der Waals surface area contributed by atoms with Crippen LogP contribution in [-0.2, 0) is 22.7 Å². The minimum absolute atomic E-state index is 0.0277. The number of hydrogen-bond donors (Lipinski definition) is 2. The molecule has 4 rings (SSSR count). The first kappa shape index (κ1) is 52.2. The van der Waals surface area contributed by atoms with Crippen molar-refractivity contribution >= 4 is 86.8 Å². The highest BCUT2D eigenvalue weighted by Crippen LogP contribution is 2.46. The molecule has 346 valence electrons. The zero-order valence-corrected chi connectivity index (χ0v) is 41.0. The number of nitrogens with zero attached hydrogens (tertiary/aromatic N) is 4. The third-order valence-electron chi connectivity index (χ3n) is 11.8. The Hall–Kier alpha value is -3.43. The Bertz CT molecular complexity index is 2060. The Balaban J connectivity index is 1.75. The summed E-state index contributed by atoms with van der Waals surface area (Å²) in [7, 11) is 0. The Kier molecular flexibility index (Phi) is 23.6. The summed E-state index contributed by atoms with van der Waals surface area (Å²) in [6, 6.07) is 7.51. The van der Waals surface area contributed by atoms with Gasteiger partial charge in [0.1, 0.15) is 12.4 Å². The van der Waals surface area contributed by atoms with Gasteiger partial charge < -0.3 is 20.0 Å². The van der Waals surface area contributed by atoms with Crippen LogP contribution in [0.5, 0.6) is 0 Å². The molecule has 0 unspecified atom stereocenters. The van der Waals surface area contributed by atoms with Crippen molar-refractivity contribution in [3.05, 3.63) is 92.0 Å². The van der Waals surface area contributed by atoms with Gasteiger partial charge in [0.2, 0.25) is 0 Å². The van der Waals surface area contributed by atoms with E-state index in [9.17, 15) is 19.8 Å². The van der Waals surface area contributed by atoms with E-state index in [-0.39, 0.29) is 12.8 Å². The molecular weight excluding hydrogens is 874 g/mol. The summed E-state index contributed by atoms with van der Waals surface area (Å²) >= 11 is 26.3. The Morgan fingerprint density at radius 3 is 1.70 bits per heavy atom. The summed E-state index contributed by atoms with van der Waals surface area (Å²) < 4.78 is 4.32. The number of anilines is 2. The molecule has 0 radical (unpaired) electrons. The molecule has 12 heteroatoms. The van der Waals surface area contributed by atoms with E-state index in [0.29, 0.717) is 33.2 Å². The van der Waals surface area contributed by atoms with E-state index in [1.807, 2.05) is 24.3 Å². The number of benzene rings is 2. The lowest BCUT2D eigenvalue weighted by Crippen LogP contribution is -2.36. The highest BCUT2D eigenvalue weighted by atomic mass is 35.5. The minimum Gasteiger partial charge on any atom is -0.481 e. The average Bonchev–Trinajstić information content (AvgIpc) is 3.68. The second-order valence-corrected chi connectivity index (χ2v) is 18.4. The SMILES string of the molecule is CCCCCCCCC(C=CC=C1N(CCCCCCCC)c2cc(Cl)c(Cl)cc2N1CCC(=O)O)=CC=Cc1n(CCC(=O)O)c2cc(Cl)c(Cl)cc2[n+]1CCCCCCCC. The fourth-order valence-corrected chi connectivity index (χ4v) is 9.00. The van der Waals surface area contributed by atoms with Gasteiger partial charge in [-0.05, 0) is 55.9 Å². The number of fused-ring (bicyclic) bond motifs is 2. The predicted octanol–water partition coefficient (Wildman–Crippen LogP) is 15.6. The second-order valence-electron chi connectivity index (χ2n) is 16.8. The van der Waals surface area contributed by atoms with E-state index in [4.69, 9.17) is 46.4 Å². The summed E-state index contributed by atoms with van der Waals surface area (Å²) in [4.78, 5) is 28.1. The van der Waals surface area contributed by atoms with Crippen LogP contribution in [0.4, 0.5) is 11.4 Å². The van der Waals surface area contributed by atoms with Crippen molar-refractivity contribution in [3.63, 3.8) is 0 Å². The van der Waals surface area contributed by atoms with Crippen LogP contribution in [-0.4, -0.2) is 39.8 Å². The summed E-state index contributed by atoms with van der Waals surface area (Å²) in [5.74, 6) is 0.0799. The van der Waals surface area contributed by atoms with E-state index >= 15 is 0 Å². The normalized spacial score (nSPS) is 13.8. The fraction of sp³-hybridized carbons (Fsp3) is 0.549. The molecule has 63 heavy (non-hydrogen) atoms. The molecule has 1 aliphatic rings. The molecule has 0 saturated heterocycles. The van der Waals surface area contributed by atoms with Crippen LogP contribution in [0.25, 0.3) is 17.1 Å². The van der Waals surface area contributed by atoms with E-state index in [2.05, 4.69) is 76.2 Å². The first-order chi connectivity index (χ1) is 30.5. The van der Waals surface area contributed by atoms with Crippen molar-refractivity contribution in [2.45, 2.75) is 169 Å². The van der Waals surface area contributed by atoms with Gasteiger partial charge >= 0.3 is 11.9 Å². The molecule has 0 spiro atoms. The monoisotopic (exact) mass is 943 g/mol. The molecule has 1 aliphatic heterocycles. The molecule has 0 saturated carbocycles. The van der Waals surface area contributed by atoms with E-state index in [0.717, 1.165) is 97.7 Å². The average molecular weight is 946 g/mol. The predicted molar refractivity (Wildman–Crippen MR) is 267 cm³/mol. The van der Waals surface area contributed by atoms with Crippen LogP contribution in [0.3, 0.4) is 0 Å². The highest BCUT2D eigenvalue weighted by Gasteiger charge is 2.32. The van der Waals surface area contributed by atoms with E-state index in [1.165, 1.54) is 77.0 Å². The highest BCUT2D eigenvalue weighted by molar-refractivity contribution is 6.43. The molecule has 0 amide bonds. The van der Waals surface area contributed by atoms with Crippen LogP contribution in [0.15, 0.2) is 66.0 Å². The number of rotatable bonds is 31. The van der Waals surface area contributed by atoms with Crippen LogP contribution < -0.4 is 14.4 Å². The molecule has 2 aromatic carbocycles.